The SMILES string of the molecule is CC(C)(O)C(N)c1ccc(C(F)(F)F)cc1F. The maximum Gasteiger partial charge on any atom is 0.416 e. The second-order valence-corrected chi connectivity index (χ2v) is 4.37. The highest BCUT2D eigenvalue weighted by Gasteiger charge is 2.33. The highest BCUT2D eigenvalue weighted by atomic mass is 19.4. The topological polar surface area (TPSA) is 46.2 Å². The summed E-state index contributed by atoms with van der Waals surface area (Å²) in [5.41, 5.74) is 2.92. The van der Waals surface area contributed by atoms with Crippen LogP contribution in [0.2, 0.25) is 0 Å². The van der Waals surface area contributed by atoms with E-state index in [1.807, 2.05) is 0 Å². The van der Waals surface area contributed by atoms with Crippen LogP contribution >= 0.6 is 0 Å². The average molecular weight is 251 g/mol. The first kappa shape index (κ1) is 13.9. The zero-order valence-corrected chi connectivity index (χ0v) is 9.35. The molecule has 0 bridgehead atoms. The van der Waals surface area contributed by atoms with Crippen LogP contribution < -0.4 is 5.73 Å². The summed E-state index contributed by atoms with van der Waals surface area (Å²) in [5.74, 6) is -1.07. The van der Waals surface area contributed by atoms with E-state index in [-0.39, 0.29) is 5.56 Å². The fraction of sp³-hybridized carbons (Fsp3) is 0.455. The number of hydrogen-bond acceptors (Lipinski definition) is 2. The van der Waals surface area contributed by atoms with Crippen LogP contribution in [0.15, 0.2) is 18.2 Å². The fourth-order valence-electron chi connectivity index (χ4n) is 1.34. The second kappa shape index (κ2) is 4.27. The summed E-state index contributed by atoms with van der Waals surface area (Å²) in [5, 5.41) is 9.58. The summed E-state index contributed by atoms with van der Waals surface area (Å²) >= 11 is 0. The Kier molecular flexibility index (Phi) is 3.50. The smallest absolute Gasteiger partial charge is 0.388 e. The number of aliphatic hydroxyl groups is 1. The van der Waals surface area contributed by atoms with Gasteiger partial charge < -0.3 is 10.8 Å². The zero-order valence-electron chi connectivity index (χ0n) is 9.35. The van der Waals surface area contributed by atoms with E-state index in [1.54, 1.807) is 0 Å². The molecule has 0 aromatic heterocycles. The largest absolute Gasteiger partial charge is 0.416 e. The predicted octanol–water partition coefficient (Wildman–Crippen LogP) is 2.62. The molecule has 0 spiro atoms. The minimum atomic E-state index is -4.60. The predicted molar refractivity (Wildman–Crippen MR) is 54.6 cm³/mol. The van der Waals surface area contributed by atoms with Crippen molar-refractivity contribution in [2.45, 2.75) is 31.7 Å². The summed E-state index contributed by atoms with van der Waals surface area (Å²) in [4.78, 5) is 0. The molecule has 0 amide bonds. The highest BCUT2D eigenvalue weighted by molar-refractivity contribution is 5.29. The number of alkyl halides is 3. The minimum absolute atomic E-state index is 0.148. The molecule has 0 aliphatic carbocycles. The van der Waals surface area contributed by atoms with E-state index in [0.717, 1.165) is 12.1 Å². The van der Waals surface area contributed by atoms with Crippen molar-refractivity contribution in [1.82, 2.24) is 0 Å². The molecule has 0 saturated carbocycles. The first-order valence-electron chi connectivity index (χ1n) is 4.88. The number of hydrogen-bond donors (Lipinski definition) is 2. The number of halogens is 4. The third kappa shape index (κ3) is 3.17. The molecule has 1 atom stereocenters. The van der Waals surface area contributed by atoms with Gasteiger partial charge >= 0.3 is 6.18 Å². The van der Waals surface area contributed by atoms with Gasteiger partial charge in [-0.25, -0.2) is 4.39 Å². The summed E-state index contributed by atoms with van der Waals surface area (Å²) in [7, 11) is 0. The van der Waals surface area contributed by atoms with Crippen LogP contribution in [-0.4, -0.2) is 10.7 Å². The first-order chi connectivity index (χ1) is 7.53. The zero-order chi connectivity index (χ0) is 13.4. The van der Waals surface area contributed by atoms with Crippen molar-refractivity contribution in [3.05, 3.63) is 35.1 Å². The molecular weight excluding hydrogens is 238 g/mol. The van der Waals surface area contributed by atoms with Gasteiger partial charge in [0.1, 0.15) is 5.82 Å². The number of rotatable bonds is 2. The van der Waals surface area contributed by atoms with Crippen molar-refractivity contribution in [2.75, 3.05) is 0 Å². The van der Waals surface area contributed by atoms with Crippen LogP contribution in [0, 0.1) is 5.82 Å². The van der Waals surface area contributed by atoms with Gasteiger partial charge in [0.15, 0.2) is 0 Å². The maximum atomic E-state index is 13.5. The Balaban J connectivity index is 3.15. The maximum absolute atomic E-state index is 13.5. The van der Waals surface area contributed by atoms with Crippen LogP contribution in [-0.2, 0) is 6.18 Å². The van der Waals surface area contributed by atoms with Gasteiger partial charge in [-0.3, -0.25) is 0 Å². The molecule has 6 heteroatoms. The fourth-order valence-corrected chi connectivity index (χ4v) is 1.34. The van der Waals surface area contributed by atoms with E-state index < -0.39 is 29.2 Å². The standard InChI is InChI=1S/C11H13F4NO/c1-10(2,17)9(16)7-4-3-6(5-8(7)12)11(13,14)15/h3-5,9,17H,16H2,1-2H3. The molecule has 2 nitrogen and oxygen atoms in total. The van der Waals surface area contributed by atoms with Crippen molar-refractivity contribution in [3.8, 4) is 0 Å². The molecule has 3 N–H and O–H groups in total. The van der Waals surface area contributed by atoms with Crippen molar-refractivity contribution >= 4 is 0 Å². The Morgan fingerprint density at radius 1 is 1.24 bits per heavy atom. The van der Waals surface area contributed by atoms with Crippen molar-refractivity contribution in [1.29, 1.82) is 0 Å². The Morgan fingerprint density at radius 2 is 1.76 bits per heavy atom. The average Bonchev–Trinajstić information content (AvgIpc) is 2.13. The second-order valence-electron chi connectivity index (χ2n) is 4.37. The lowest BCUT2D eigenvalue weighted by Gasteiger charge is -2.26. The molecule has 1 aromatic carbocycles. The van der Waals surface area contributed by atoms with E-state index in [2.05, 4.69) is 0 Å². The Bertz CT molecular complexity index is 409. The molecule has 1 rings (SSSR count). The van der Waals surface area contributed by atoms with Gasteiger partial charge in [-0.2, -0.15) is 13.2 Å². The van der Waals surface area contributed by atoms with E-state index in [0.29, 0.717) is 6.07 Å². The summed E-state index contributed by atoms with van der Waals surface area (Å²) in [6.07, 6.45) is -4.60. The number of benzene rings is 1. The first-order valence-corrected chi connectivity index (χ1v) is 4.88. The van der Waals surface area contributed by atoms with Gasteiger partial charge in [-0.05, 0) is 26.0 Å². The lowest BCUT2D eigenvalue weighted by Crippen LogP contribution is -2.35. The van der Waals surface area contributed by atoms with Gasteiger partial charge in [0, 0.05) is 5.56 Å². The van der Waals surface area contributed by atoms with E-state index in [1.165, 1.54) is 13.8 Å². The third-order valence-electron chi connectivity index (χ3n) is 2.42. The Labute approximate surface area is 96.1 Å². The molecule has 1 unspecified atom stereocenters. The molecular formula is C11H13F4NO. The molecule has 0 heterocycles. The number of nitrogens with two attached hydrogens (primary N) is 1. The van der Waals surface area contributed by atoms with Crippen LogP contribution in [0.1, 0.15) is 31.0 Å². The molecule has 0 radical (unpaired) electrons. The normalized spacial score (nSPS) is 14.8. The molecule has 0 aliphatic heterocycles. The summed E-state index contributed by atoms with van der Waals surface area (Å²) in [6.45, 7) is 2.71. The quantitative estimate of drug-likeness (QED) is 0.794. The van der Waals surface area contributed by atoms with E-state index in [9.17, 15) is 22.7 Å². The Morgan fingerprint density at radius 3 is 2.12 bits per heavy atom. The van der Waals surface area contributed by atoms with Crippen LogP contribution in [0.25, 0.3) is 0 Å². The van der Waals surface area contributed by atoms with Gasteiger partial charge in [-0.1, -0.05) is 6.07 Å². The van der Waals surface area contributed by atoms with Gasteiger partial charge in [-0.15, -0.1) is 0 Å². The highest BCUT2D eigenvalue weighted by Crippen LogP contribution is 2.32. The molecule has 96 valence electrons. The molecule has 1 aromatic rings. The monoisotopic (exact) mass is 251 g/mol. The van der Waals surface area contributed by atoms with Crippen LogP contribution in [0.4, 0.5) is 17.6 Å². The van der Waals surface area contributed by atoms with Crippen molar-refractivity contribution < 1.29 is 22.7 Å². The van der Waals surface area contributed by atoms with Crippen molar-refractivity contribution in [3.63, 3.8) is 0 Å². The van der Waals surface area contributed by atoms with Crippen molar-refractivity contribution in [2.24, 2.45) is 5.73 Å². The Hall–Kier alpha value is -1.14. The summed E-state index contributed by atoms with van der Waals surface area (Å²) < 4.78 is 50.3. The van der Waals surface area contributed by atoms with E-state index >= 15 is 0 Å². The molecule has 17 heavy (non-hydrogen) atoms. The molecule has 0 saturated heterocycles. The third-order valence-corrected chi connectivity index (χ3v) is 2.42. The van der Waals surface area contributed by atoms with Crippen LogP contribution in [0.3, 0.4) is 0 Å². The lowest BCUT2D eigenvalue weighted by molar-refractivity contribution is -0.137. The minimum Gasteiger partial charge on any atom is -0.388 e. The van der Waals surface area contributed by atoms with Crippen LogP contribution in [0.5, 0.6) is 0 Å². The summed E-state index contributed by atoms with van der Waals surface area (Å²) in [6, 6.07) is 0.968. The van der Waals surface area contributed by atoms with Gasteiger partial charge in [0.05, 0.1) is 17.2 Å². The molecule has 0 fully saturated rings. The van der Waals surface area contributed by atoms with Gasteiger partial charge in [0.2, 0.25) is 0 Å². The lowest BCUT2D eigenvalue weighted by atomic mass is 9.92. The molecule has 0 aliphatic rings. The van der Waals surface area contributed by atoms with E-state index in [4.69, 9.17) is 5.73 Å². The van der Waals surface area contributed by atoms with Gasteiger partial charge in [0.25, 0.3) is 0 Å².